The van der Waals surface area contributed by atoms with Gasteiger partial charge in [-0.3, -0.25) is 38.5 Å². The number of nitrogens with zero attached hydrogens (tertiary/aromatic N) is 2. The lowest BCUT2D eigenvalue weighted by molar-refractivity contribution is -0.250. The second-order valence-electron chi connectivity index (χ2n) is 24.6. The number of carboxylic acids is 1. The summed E-state index contributed by atoms with van der Waals surface area (Å²) in [4.78, 5) is 114. The van der Waals surface area contributed by atoms with Crippen LogP contribution in [0.1, 0.15) is 194 Å². The minimum atomic E-state index is -2.12. The van der Waals surface area contributed by atoms with E-state index in [1.807, 2.05) is 45.9 Å². The fraction of sp³-hybridized carbons (Fsp3) is 0.338. The first-order valence-electron chi connectivity index (χ1n) is 30.7. The van der Waals surface area contributed by atoms with Crippen LogP contribution in [0.4, 0.5) is 0 Å². The molecule has 1 saturated heterocycles. The Bertz CT molecular complexity index is 4510. The number of phenolic OH excluding ortho intramolecular Hbond substituents is 2. The normalized spacial score (nSPS) is 22.9. The van der Waals surface area contributed by atoms with Crippen molar-refractivity contribution in [3.8, 4) is 23.0 Å². The first-order chi connectivity index (χ1) is 44.4. The first kappa shape index (κ1) is 63.3. The molecular weight excluding hydrogens is 1190 g/mol. The molecular formula is C71H69N5O17. The number of aliphatic carboxylic acids is 1. The van der Waals surface area contributed by atoms with E-state index in [1.54, 1.807) is 30.3 Å². The monoisotopic (exact) mass is 1260 g/mol. The minimum absolute atomic E-state index is 0.0332. The third-order valence-corrected chi connectivity index (χ3v) is 19.1. The molecule has 3 aromatic carbocycles. The number of allylic oxidation sites excluding steroid dienone is 2. The molecule has 22 heteroatoms. The van der Waals surface area contributed by atoms with Crippen LogP contribution in [-0.4, -0.2) is 131 Å². The van der Waals surface area contributed by atoms with Gasteiger partial charge in [0.1, 0.15) is 35.0 Å². The average molecular weight is 1260 g/mol. The molecule has 93 heavy (non-hydrogen) atoms. The van der Waals surface area contributed by atoms with E-state index >= 15 is 0 Å². The molecule has 0 radical (unpaired) electrons. The lowest BCUT2D eigenvalue weighted by atomic mass is 9.72. The van der Waals surface area contributed by atoms with E-state index in [0.717, 1.165) is 44.7 Å². The SMILES string of the molecule is C=Cc1c(C)c2cc3nc(c4c5[nH]c(cc6nc(cc1[nH]2)C(C)=C6CC)c(C)c5C(=O)C4C(=O)OC)[C@@H](CCC(=O)Oc1ccccc1/C=C/C(=O)N[C@@H]1C[C@@H](O[C@H]2C[C@](O)(CC(=O)O)Cc4c(O)c5c(c(O)c42)C(=O)c2cccc(OC)c2C5=O)O[C@H](C)[C@@H]1O)[C@@H]3C. The number of phenols is 2. The molecule has 1 unspecified atom stereocenters. The van der Waals surface area contributed by atoms with Gasteiger partial charge < -0.3 is 64.5 Å². The van der Waals surface area contributed by atoms with Crippen LogP contribution in [-0.2, 0) is 39.8 Å². The maximum Gasteiger partial charge on any atom is 0.321 e. The molecule has 480 valence electrons. The molecule has 3 aliphatic carbocycles. The molecule has 9 atom stereocenters. The Kier molecular flexibility index (Phi) is 16.5. The largest absolute Gasteiger partial charge is 0.507 e. The Labute approximate surface area is 533 Å². The highest BCUT2D eigenvalue weighted by Crippen LogP contribution is 2.54. The third kappa shape index (κ3) is 10.9. The molecule has 0 saturated carbocycles. The number of carboxylic acid groups (broad SMARTS) is 1. The van der Waals surface area contributed by atoms with Crippen LogP contribution in [0.5, 0.6) is 23.0 Å². The highest BCUT2D eigenvalue weighted by Gasteiger charge is 2.50. The predicted molar refractivity (Wildman–Crippen MR) is 340 cm³/mol. The molecule has 6 aliphatic rings. The van der Waals surface area contributed by atoms with Crippen molar-refractivity contribution in [2.24, 2.45) is 0 Å². The van der Waals surface area contributed by atoms with Gasteiger partial charge >= 0.3 is 17.9 Å². The van der Waals surface area contributed by atoms with Gasteiger partial charge in [0.05, 0.1) is 83.8 Å². The van der Waals surface area contributed by atoms with E-state index in [0.29, 0.717) is 51.1 Å². The number of hydrogen-bond donors (Lipinski definition) is 8. The van der Waals surface area contributed by atoms with Crippen LogP contribution in [0, 0.1) is 13.8 Å². The average Bonchev–Trinajstić information content (AvgIpc) is 1.25. The number of ketones is 3. The molecule has 12 rings (SSSR count). The number of methoxy groups -OCH3 is 2. The van der Waals surface area contributed by atoms with Crippen molar-refractivity contribution in [1.82, 2.24) is 25.3 Å². The molecule has 22 nitrogen and oxygen atoms in total. The topological polar surface area (TPSA) is 336 Å². The van der Waals surface area contributed by atoms with Crippen molar-refractivity contribution < 1.29 is 82.8 Å². The summed E-state index contributed by atoms with van der Waals surface area (Å²) in [6, 6.07) is 15.6. The van der Waals surface area contributed by atoms with Gasteiger partial charge in [-0.1, -0.05) is 56.8 Å². The number of aliphatic hydroxyl groups excluding tert-OH is 1. The zero-order chi connectivity index (χ0) is 66.4. The fourth-order valence-electron chi connectivity index (χ4n) is 14.4. The second-order valence-corrected chi connectivity index (χ2v) is 24.6. The van der Waals surface area contributed by atoms with E-state index in [1.165, 1.54) is 51.5 Å². The van der Waals surface area contributed by atoms with Gasteiger partial charge in [-0.05, 0) is 99.2 Å². The lowest BCUT2D eigenvalue weighted by Crippen LogP contribution is -2.55. The molecule has 6 aromatic rings. The summed E-state index contributed by atoms with van der Waals surface area (Å²) in [5.74, 6) is -9.16. The van der Waals surface area contributed by atoms with Gasteiger partial charge in [0, 0.05) is 105 Å². The van der Waals surface area contributed by atoms with Crippen molar-refractivity contribution in [2.75, 3.05) is 14.2 Å². The molecule has 1 fully saturated rings. The number of aromatic amines is 2. The molecule has 1 amide bonds. The number of fused-ring (bicyclic) bond motifs is 11. The van der Waals surface area contributed by atoms with Gasteiger partial charge in [0.2, 0.25) is 11.7 Å². The summed E-state index contributed by atoms with van der Waals surface area (Å²) < 4.78 is 29.1. The van der Waals surface area contributed by atoms with Gasteiger partial charge in [-0.25, -0.2) is 4.98 Å². The number of H-pyrrole nitrogens is 2. The Balaban J connectivity index is 0.793. The summed E-state index contributed by atoms with van der Waals surface area (Å²) in [6.45, 7) is 15.5. The van der Waals surface area contributed by atoms with Crippen LogP contribution in [0.15, 0.2) is 73.3 Å². The minimum Gasteiger partial charge on any atom is -0.507 e. The summed E-state index contributed by atoms with van der Waals surface area (Å²) in [7, 11) is 2.53. The van der Waals surface area contributed by atoms with E-state index in [4.69, 9.17) is 33.7 Å². The Hall–Kier alpha value is -9.87. The molecule has 6 heterocycles. The zero-order valence-electron chi connectivity index (χ0n) is 52.3. The van der Waals surface area contributed by atoms with Gasteiger partial charge in [-0.2, -0.15) is 0 Å². The number of hydrogen-bond acceptors (Lipinski definition) is 18. The smallest absolute Gasteiger partial charge is 0.321 e. The number of aliphatic hydroxyl groups is 2. The van der Waals surface area contributed by atoms with Crippen molar-refractivity contribution in [1.29, 1.82) is 0 Å². The van der Waals surface area contributed by atoms with E-state index in [-0.39, 0.29) is 58.9 Å². The lowest BCUT2D eigenvalue weighted by Gasteiger charge is -2.43. The van der Waals surface area contributed by atoms with Gasteiger partial charge in [-0.15, -0.1) is 0 Å². The number of carbonyl (C=O) groups excluding carboxylic acids is 6. The number of amides is 1. The number of Topliss-reactive ketones (excluding diaryl/α,β-unsaturated/α-hetero) is 1. The summed E-state index contributed by atoms with van der Waals surface area (Å²) in [5, 5.41) is 59.7. The van der Waals surface area contributed by atoms with Crippen molar-refractivity contribution >= 4 is 86.5 Å². The first-order valence-corrected chi connectivity index (χ1v) is 30.7. The van der Waals surface area contributed by atoms with Crippen LogP contribution in [0.25, 0.3) is 45.4 Å². The Morgan fingerprint density at radius 3 is 2.30 bits per heavy atom. The quantitative estimate of drug-likeness (QED) is 0.0156. The maximum absolute atomic E-state index is 14.6. The number of rotatable bonds is 15. The van der Waals surface area contributed by atoms with E-state index in [9.17, 15) is 59.1 Å². The van der Waals surface area contributed by atoms with Crippen molar-refractivity contribution in [2.45, 2.75) is 140 Å². The number of esters is 2. The number of para-hydroxylation sites is 1. The van der Waals surface area contributed by atoms with Gasteiger partial charge in [0.15, 0.2) is 17.9 Å². The zero-order valence-corrected chi connectivity index (χ0v) is 52.3. The van der Waals surface area contributed by atoms with Crippen LogP contribution >= 0.6 is 0 Å². The molecule has 3 aromatic heterocycles. The highest BCUT2D eigenvalue weighted by molar-refractivity contribution is 6.31. The number of aromatic nitrogens is 4. The standard InChI is InChI=1S/C71H69N5O17/c1-10-36-30(3)41-23-43-32(5)38(62(75-43)58-61(70(87)90-9)67(84)55-33(6)44(76-63(55)58)25-46-37(11-2)31(4)42(73-46)24-45(36)72-41)20-22-53(80)92-48-17-13-12-15-35(48)19-21-51(77)74-47-26-54(91-34(7)64(47)81)93-50-28-71(88,29-52(78)79)27-40-57(50)69(86)59-60(66(40)83)68(85)56-39(65(59)82)16-14-18-49(56)89-8/h10,12-19,21,23-25,32,34,38,47,50,54,61,64,72,76,81,83,86,88H,1,11,20,22,26-29H2,2-9H3,(H,74,77)(H,78,79)/b21-19+,41-23?,42-24?,43-23?,44-25?,45-24?,46-25?,62-58?/t32-,34+,38-,47+,50-,54+,61?,64-,71-/m0/s1. The number of benzene rings is 3. The number of ether oxygens (including phenoxy) is 5. The molecule has 3 aliphatic heterocycles. The van der Waals surface area contributed by atoms with Crippen molar-refractivity contribution in [3.05, 3.63) is 163 Å². The summed E-state index contributed by atoms with van der Waals surface area (Å²) >= 11 is 0. The fourth-order valence-corrected chi connectivity index (χ4v) is 14.4. The van der Waals surface area contributed by atoms with Crippen molar-refractivity contribution in [3.63, 3.8) is 0 Å². The second kappa shape index (κ2) is 24.3. The van der Waals surface area contributed by atoms with Crippen LogP contribution < -0.4 is 14.8 Å². The maximum atomic E-state index is 14.6. The van der Waals surface area contributed by atoms with Crippen LogP contribution in [0.3, 0.4) is 0 Å². The highest BCUT2D eigenvalue weighted by atomic mass is 16.7. The van der Waals surface area contributed by atoms with Gasteiger partial charge in [0.25, 0.3) is 0 Å². The number of carbonyl (C=O) groups is 7. The molecule has 8 N–H and O–H groups in total. The summed E-state index contributed by atoms with van der Waals surface area (Å²) in [5.41, 5.74) is 6.91. The number of aromatic hydroxyl groups is 2. The third-order valence-electron chi connectivity index (χ3n) is 19.1. The van der Waals surface area contributed by atoms with E-state index in [2.05, 4.69) is 28.8 Å². The number of aryl methyl sites for hydroxylation is 2. The molecule has 0 spiro atoms. The van der Waals surface area contributed by atoms with Crippen LogP contribution in [0.2, 0.25) is 0 Å². The number of nitrogens with one attached hydrogen (secondary N) is 3. The Morgan fingerprint density at radius 2 is 1.58 bits per heavy atom. The molecule has 8 bridgehead atoms. The Morgan fingerprint density at radius 1 is 0.860 bits per heavy atom. The summed E-state index contributed by atoms with van der Waals surface area (Å²) in [6.07, 6.45) is -2.18. The predicted octanol–water partition coefficient (Wildman–Crippen LogP) is 9.74. The van der Waals surface area contributed by atoms with E-state index < -0.39 is 131 Å².